The molecule has 0 atom stereocenters. The van der Waals surface area contributed by atoms with Crippen LogP contribution in [0.4, 0.5) is 5.69 Å². The van der Waals surface area contributed by atoms with E-state index in [9.17, 15) is 14.7 Å². The fourth-order valence-corrected chi connectivity index (χ4v) is 5.26. The molecule has 4 aromatic rings. The van der Waals surface area contributed by atoms with E-state index in [4.69, 9.17) is 4.98 Å². The van der Waals surface area contributed by atoms with Gasteiger partial charge in [-0.25, -0.2) is 9.78 Å². The van der Waals surface area contributed by atoms with Gasteiger partial charge in [-0.3, -0.25) is 4.79 Å². The molecule has 3 N–H and O–H groups in total. The van der Waals surface area contributed by atoms with Crippen molar-refractivity contribution < 1.29 is 14.7 Å². The highest BCUT2D eigenvalue weighted by Crippen LogP contribution is 2.26. The number of rotatable bonds is 17. The number of carboxylic acid groups (broad SMARTS) is 1. The Balaban J connectivity index is 1.45. The topological polar surface area (TPSA) is 96.3 Å². The molecule has 0 saturated heterocycles. The third kappa shape index (κ3) is 8.44. The number of amides is 1. The fourth-order valence-electron chi connectivity index (χ4n) is 5.26. The SMILES string of the molecule is CCCCCCCCNC(=O)CNc1ccc2nc(CCCC)n(Cc3ccc(-c4ccccc4C(=O)O)cc3)c2c1. The van der Waals surface area contributed by atoms with Gasteiger partial charge in [0.05, 0.1) is 23.1 Å². The molecule has 7 heteroatoms. The van der Waals surface area contributed by atoms with Crippen LogP contribution in [0.5, 0.6) is 0 Å². The number of hydrogen-bond acceptors (Lipinski definition) is 4. The number of anilines is 1. The van der Waals surface area contributed by atoms with Crippen molar-refractivity contribution in [1.82, 2.24) is 14.9 Å². The number of aromatic carboxylic acids is 1. The van der Waals surface area contributed by atoms with Gasteiger partial charge in [0, 0.05) is 25.2 Å². The Bertz CT molecular complexity index is 1460. The van der Waals surface area contributed by atoms with Crippen molar-refractivity contribution in [2.75, 3.05) is 18.4 Å². The number of carbonyl (C=O) groups is 2. The molecule has 3 aromatic carbocycles. The Morgan fingerprint density at radius 2 is 1.60 bits per heavy atom. The van der Waals surface area contributed by atoms with Crippen LogP contribution in [0, 0.1) is 0 Å². The number of nitrogens with one attached hydrogen (secondary N) is 2. The van der Waals surface area contributed by atoms with E-state index < -0.39 is 5.97 Å². The van der Waals surface area contributed by atoms with Gasteiger partial charge in [0.2, 0.25) is 5.91 Å². The lowest BCUT2D eigenvalue weighted by Crippen LogP contribution is -2.30. The maximum Gasteiger partial charge on any atom is 0.336 e. The number of carboxylic acids is 1. The van der Waals surface area contributed by atoms with E-state index in [1.54, 1.807) is 12.1 Å². The molecule has 0 aliphatic heterocycles. The second kappa shape index (κ2) is 15.8. The Labute approximate surface area is 249 Å². The predicted molar refractivity (Wildman–Crippen MR) is 171 cm³/mol. The van der Waals surface area contributed by atoms with Crippen LogP contribution in [-0.2, 0) is 17.8 Å². The number of aromatic nitrogens is 2. The Morgan fingerprint density at radius 1 is 0.857 bits per heavy atom. The molecule has 1 aromatic heterocycles. The molecule has 4 rings (SSSR count). The van der Waals surface area contributed by atoms with Crippen LogP contribution < -0.4 is 10.6 Å². The summed E-state index contributed by atoms with van der Waals surface area (Å²) in [6, 6.07) is 21.2. The van der Waals surface area contributed by atoms with Crippen LogP contribution in [-0.4, -0.2) is 39.6 Å². The normalized spacial score (nSPS) is 11.1. The number of hydrogen-bond donors (Lipinski definition) is 3. The van der Waals surface area contributed by atoms with E-state index in [-0.39, 0.29) is 12.5 Å². The molecular formula is C35H44N4O3. The zero-order valence-corrected chi connectivity index (χ0v) is 25.0. The van der Waals surface area contributed by atoms with E-state index in [1.165, 1.54) is 25.7 Å². The number of imidazole rings is 1. The summed E-state index contributed by atoms with van der Waals surface area (Å²) in [4.78, 5) is 29.1. The molecule has 0 bridgehead atoms. The smallest absolute Gasteiger partial charge is 0.336 e. The number of nitrogens with zero attached hydrogens (tertiary/aromatic N) is 2. The molecule has 42 heavy (non-hydrogen) atoms. The first-order valence-electron chi connectivity index (χ1n) is 15.4. The van der Waals surface area contributed by atoms with E-state index in [1.807, 2.05) is 36.4 Å². The highest BCUT2D eigenvalue weighted by atomic mass is 16.4. The van der Waals surface area contributed by atoms with Crippen LogP contribution in [0.15, 0.2) is 66.7 Å². The molecule has 7 nitrogen and oxygen atoms in total. The molecule has 0 aliphatic rings. The summed E-state index contributed by atoms with van der Waals surface area (Å²) in [5, 5.41) is 15.9. The van der Waals surface area contributed by atoms with Crippen molar-refractivity contribution in [2.24, 2.45) is 0 Å². The summed E-state index contributed by atoms with van der Waals surface area (Å²) >= 11 is 0. The fraction of sp³-hybridized carbons (Fsp3) is 0.400. The van der Waals surface area contributed by atoms with Crippen LogP contribution in [0.25, 0.3) is 22.2 Å². The van der Waals surface area contributed by atoms with Crippen LogP contribution in [0.1, 0.15) is 87.0 Å². The molecule has 222 valence electrons. The van der Waals surface area contributed by atoms with Gasteiger partial charge in [0.1, 0.15) is 5.82 Å². The summed E-state index contributed by atoms with van der Waals surface area (Å²) in [5.74, 6) is 0.117. The molecule has 0 radical (unpaired) electrons. The zero-order valence-electron chi connectivity index (χ0n) is 25.0. The molecule has 1 heterocycles. The monoisotopic (exact) mass is 568 g/mol. The lowest BCUT2D eigenvalue weighted by Gasteiger charge is -2.12. The van der Waals surface area contributed by atoms with Crippen LogP contribution in [0.3, 0.4) is 0 Å². The van der Waals surface area contributed by atoms with Gasteiger partial charge < -0.3 is 20.3 Å². The molecular weight excluding hydrogens is 524 g/mol. The number of unbranched alkanes of at least 4 members (excludes halogenated alkanes) is 6. The maximum atomic E-state index is 12.4. The second-order valence-electron chi connectivity index (χ2n) is 10.9. The van der Waals surface area contributed by atoms with Gasteiger partial charge in [-0.2, -0.15) is 0 Å². The Kier molecular flexibility index (Phi) is 11.6. The number of aryl methyl sites for hydroxylation is 1. The van der Waals surface area contributed by atoms with Crippen LogP contribution >= 0.6 is 0 Å². The minimum Gasteiger partial charge on any atom is -0.478 e. The van der Waals surface area contributed by atoms with E-state index in [2.05, 4.69) is 47.2 Å². The lowest BCUT2D eigenvalue weighted by atomic mass is 9.99. The van der Waals surface area contributed by atoms with Gasteiger partial charge in [-0.15, -0.1) is 0 Å². The summed E-state index contributed by atoms with van der Waals surface area (Å²) in [5.41, 5.74) is 5.84. The lowest BCUT2D eigenvalue weighted by molar-refractivity contribution is -0.119. The molecule has 0 spiro atoms. The quantitative estimate of drug-likeness (QED) is 0.114. The van der Waals surface area contributed by atoms with Crippen molar-refractivity contribution in [3.8, 4) is 11.1 Å². The highest BCUT2D eigenvalue weighted by molar-refractivity contribution is 5.96. The minimum atomic E-state index is -0.931. The predicted octanol–water partition coefficient (Wildman–Crippen LogP) is 7.68. The Hall–Kier alpha value is -4.13. The van der Waals surface area contributed by atoms with Crippen LogP contribution in [0.2, 0.25) is 0 Å². The maximum absolute atomic E-state index is 12.4. The highest BCUT2D eigenvalue weighted by Gasteiger charge is 2.14. The largest absolute Gasteiger partial charge is 0.478 e. The minimum absolute atomic E-state index is 0.00496. The van der Waals surface area contributed by atoms with E-state index >= 15 is 0 Å². The third-order valence-electron chi connectivity index (χ3n) is 7.65. The number of fused-ring (bicyclic) bond motifs is 1. The van der Waals surface area contributed by atoms with Gasteiger partial charge in [-0.1, -0.05) is 94.8 Å². The summed E-state index contributed by atoms with van der Waals surface area (Å²) in [6.07, 6.45) is 10.2. The van der Waals surface area contributed by atoms with Crippen molar-refractivity contribution >= 4 is 28.6 Å². The van der Waals surface area contributed by atoms with Crippen molar-refractivity contribution in [2.45, 2.75) is 78.2 Å². The average molecular weight is 569 g/mol. The van der Waals surface area contributed by atoms with E-state index in [0.717, 1.165) is 72.3 Å². The summed E-state index contributed by atoms with van der Waals surface area (Å²) in [6.45, 7) is 6.01. The molecule has 0 saturated carbocycles. The molecule has 0 unspecified atom stereocenters. The second-order valence-corrected chi connectivity index (χ2v) is 10.9. The van der Waals surface area contributed by atoms with Gasteiger partial charge >= 0.3 is 5.97 Å². The van der Waals surface area contributed by atoms with E-state index in [0.29, 0.717) is 17.7 Å². The zero-order chi connectivity index (χ0) is 29.7. The molecule has 1 amide bonds. The number of carbonyl (C=O) groups excluding carboxylic acids is 1. The van der Waals surface area contributed by atoms with Crippen molar-refractivity contribution in [3.05, 3.63) is 83.7 Å². The van der Waals surface area contributed by atoms with Gasteiger partial charge in [0.15, 0.2) is 0 Å². The van der Waals surface area contributed by atoms with Gasteiger partial charge in [-0.05, 0) is 53.8 Å². The summed E-state index contributed by atoms with van der Waals surface area (Å²) in [7, 11) is 0. The average Bonchev–Trinajstić information content (AvgIpc) is 3.35. The first-order chi connectivity index (χ1) is 20.5. The number of benzene rings is 3. The molecule has 0 aliphatic carbocycles. The van der Waals surface area contributed by atoms with Crippen molar-refractivity contribution in [1.29, 1.82) is 0 Å². The summed E-state index contributed by atoms with van der Waals surface area (Å²) < 4.78 is 2.26. The Morgan fingerprint density at radius 3 is 2.36 bits per heavy atom. The first kappa shape index (κ1) is 30.8. The first-order valence-corrected chi connectivity index (χ1v) is 15.4. The van der Waals surface area contributed by atoms with Gasteiger partial charge in [0.25, 0.3) is 0 Å². The molecule has 0 fully saturated rings. The standard InChI is InChI=1S/C35H44N4O3/c1-3-5-7-8-9-12-22-36-34(40)24-37-28-20-21-31-32(23-28)39(33(38-31)15-6-4-2)25-26-16-18-27(19-17-26)29-13-10-11-14-30(29)35(41)42/h10-11,13-14,16-21,23,37H,3-9,12,15,22,24-25H2,1-2H3,(H,36,40)(H,41,42). The third-order valence-corrected chi connectivity index (χ3v) is 7.65. The van der Waals surface area contributed by atoms with Crippen molar-refractivity contribution in [3.63, 3.8) is 0 Å².